The molecule has 0 aliphatic carbocycles. The first-order chi connectivity index (χ1) is 5.65. The van der Waals surface area contributed by atoms with Gasteiger partial charge in [0.05, 0.1) is 0 Å². The van der Waals surface area contributed by atoms with Crippen molar-refractivity contribution in [2.45, 2.75) is 6.92 Å². The lowest BCUT2D eigenvalue weighted by Crippen LogP contribution is -1.94. The van der Waals surface area contributed by atoms with Gasteiger partial charge in [-0.05, 0) is 25.1 Å². The number of phenols is 1. The van der Waals surface area contributed by atoms with E-state index in [4.69, 9.17) is 11.6 Å². The van der Waals surface area contributed by atoms with Crippen LogP contribution < -0.4 is 0 Å². The van der Waals surface area contributed by atoms with Gasteiger partial charge in [-0.3, -0.25) is 4.99 Å². The second kappa shape index (κ2) is 3.59. The summed E-state index contributed by atoms with van der Waals surface area (Å²) in [5.41, 5.74) is 1.46. The van der Waals surface area contributed by atoms with E-state index >= 15 is 0 Å². The van der Waals surface area contributed by atoms with Crippen molar-refractivity contribution in [2.75, 3.05) is 7.05 Å². The van der Waals surface area contributed by atoms with E-state index in [1.165, 1.54) is 0 Å². The molecule has 0 saturated heterocycles. The fourth-order valence-corrected chi connectivity index (χ4v) is 1.09. The summed E-state index contributed by atoms with van der Waals surface area (Å²) in [6.07, 6.45) is 0. The van der Waals surface area contributed by atoms with Crippen LogP contribution >= 0.6 is 11.6 Å². The molecule has 0 unspecified atom stereocenters. The van der Waals surface area contributed by atoms with Gasteiger partial charge in [-0.1, -0.05) is 11.6 Å². The third kappa shape index (κ3) is 1.77. The fourth-order valence-electron chi connectivity index (χ4n) is 0.919. The molecule has 0 spiro atoms. The SMILES string of the molecule is C/N=C(\C)c1cc(Cl)ccc1O. The van der Waals surface area contributed by atoms with Crippen molar-refractivity contribution in [2.24, 2.45) is 4.99 Å². The van der Waals surface area contributed by atoms with E-state index in [2.05, 4.69) is 4.99 Å². The minimum atomic E-state index is 0.211. The molecule has 1 aromatic rings. The number of nitrogens with zero attached hydrogens (tertiary/aromatic N) is 1. The molecular weight excluding hydrogens is 174 g/mol. The van der Waals surface area contributed by atoms with E-state index in [1.807, 2.05) is 6.92 Å². The summed E-state index contributed by atoms with van der Waals surface area (Å²) in [6, 6.07) is 4.90. The van der Waals surface area contributed by atoms with E-state index in [0.717, 1.165) is 5.71 Å². The first kappa shape index (κ1) is 9.07. The Kier molecular flexibility index (Phi) is 2.71. The van der Waals surface area contributed by atoms with Crippen LogP contribution in [-0.4, -0.2) is 17.9 Å². The Hall–Kier alpha value is -1.02. The van der Waals surface area contributed by atoms with Crippen molar-refractivity contribution in [3.8, 4) is 5.75 Å². The number of halogens is 1. The van der Waals surface area contributed by atoms with Crippen molar-refractivity contribution in [3.63, 3.8) is 0 Å². The number of benzene rings is 1. The van der Waals surface area contributed by atoms with Gasteiger partial charge in [-0.2, -0.15) is 0 Å². The summed E-state index contributed by atoms with van der Waals surface area (Å²) >= 11 is 5.75. The molecule has 2 nitrogen and oxygen atoms in total. The summed E-state index contributed by atoms with van der Waals surface area (Å²) in [7, 11) is 1.68. The predicted octanol–water partition coefficient (Wildman–Crippen LogP) is 2.48. The van der Waals surface area contributed by atoms with Crippen LogP contribution in [0.5, 0.6) is 5.75 Å². The molecule has 1 aromatic carbocycles. The van der Waals surface area contributed by atoms with E-state index in [0.29, 0.717) is 10.6 Å². The van der Waals surface area contributed by atoms with Gasteiger partial charge in [0.1, 0.15) is 5.75 Å². The molecule has 0 aromatic heterocycles. The van der Waals surface area contributed by atoms with Crippen molar-refractivity contribution in [3.05, 3.63) is 28.8 Å². The van der Waals surface area contributed by atoms with Gasteiger partial charge in [0.2, 0.25) is 0 Å². The van der Waals surface area contributed by atoms with Gasteiger partial charge < -0.3 is 5.11 Å². The molecule has 1 N–H and O–H groups in total. The lowest BCUT2D eigenvalue weighted by molar-refractivity contribution is 0.474. The van der Waals surface area contributed by atoms with E-state index in [9.17, 15) is 5.11 Å². The van der Waals surface area contributed by atoms with Gasteiger partial charge in [-0.25, -0.2) is 0 Å². The maximum Gasteiger partial charge on any atom is 0.124 e. The zero-order valence-corrected chi connectivity index (χ0v) is 7.76. The quantitative estimate of drug-likeness (QED) is 0.667. The Bertz CT molecular complexity index is 320. The maximum absolute atomic E-state index is 9.40. The second-order valence-corrected chi connectivity index (χ2v) is 2.91. The molecule has 0 bridgehead atoms. The van der Waals surface area contributed by atoms with Crippen LogP contribution in [-0.2, 0) is 0 Å². The zero-order valence-electron chi connectivity index (χ0n) is 7.00. The Labute approximate surface area is 76.5 Å². The Balaban J connectivity index is 3.23. The Morgan fingerprint density at radius 2 is 2.17 bits per heavy atom. The molecule has 0 aliphatic heterocycles. The minimum absolute atomic E-state index is 0.211. The van der Waals surface area contributed by atoms with Crippen LogP contribution in [0.25, 0.3) is 0 Å². The predicted molar refractivity (Wildman–Crippen MR) is 51.3 cm³/mol. The summed E-state index contributed by atoms with van der Waals surface area (Å²) in [5, 5.41) is 10.00. The topological polar surface area (TPSA) is 32.6 Å². The molecule has 1 rings (SSSR count). The van der Waals surface area contributed by atoms with Crippen molar-refractivity contribution >= 4 is 17.3 Å². The van der Waals surface area contributed by atoms with Crippen LogP contribution in [0, 0.1) is 0 Å². The molecule has 0 atom stereocenters. The first-order valence-electron chi connectivity index (χ1n) is 3.57. The lowest BCUT2D eigenvalue weighted by atomic mass is 10.1. The van der Waals surface area contributed by atoms with Crippen LogP contribution in [0.2, 0.25) is 5.02 Å². The lowest BCUT2D eigenvalue weighted by Gasteiger charge is -2.02. The molecule has 0 radical (unpaired) electrons. The van der Waals surface area contributed by atoms with Crippen LogP contribution in [0.1, 0.15) is 12.5 Å². The van der Waals surface area contributed by atoms with Gasteiger partial charge in [0.15, 0.2) is 0 Å². The number of rotatable bonds is 1. The van der Waals surface area contributed by atoms with Crippen LogP contribution in [0.4, 0.5) is 0 Å². The van der Waals surface area contributed by atoms with E-state index < -0.39 is 0 Å². The summed E-state index contributed by atoms with van der Waals surface area (Å²) in [4.78, 5) is 3.96. The molecule has 12 heavy (non-hydrogen) atoms. The Morgan fingerprint density at radius 3 is 2.75 bits per heavy atom. The van der Waals surface area contributed by atoms with Gasteiger partial charge in [0, 0.05) is 23.3 Å². The smallest absolute Gasteiger partial charge is 0.124 e. The van der Waals surface area contributed by atoms with E-state index in [-0.39, 0.29) is 5.75 Å². The minimum Gasteiger partial charge on any atom is -0.507 e. The number of phenolic OH excluding ortho intramolecular Hbond substituents is 1. The van der Waals surface area contributed by atoms with Crippen molar-refractivity contribution in [1.29, 1.82) is 0 Å². The first-order valence-corrected chi connectivity index (χ1v) is 3.95. The van der Waals surface area contributed by atoms with Gasteiger partial charge in [0.25, 0.3) is 0 Å². The highest BCUT2D eigenvalue weighted by atomic mass is 35.5. The zero-order chi connectivity index (χ0) is 9.14. The average Bonchev–Trinajstić information content (AvgIpc) is 2.08. The third-order valence-corrected chi connectivity index (χ3v) is 1.92. The molecule has 64 valence electrons. The number of aliphatic imine (C=N–C) groups is 1. The van der Waals surface area contributed by atoms with Gasteiger partial charge >= 0.3 is 0 Å². The third-order valence-electron chi connectivity index (χ3n) is 1.68. The Morgan fingerprint density at radius 1 is 1.50 bits per heavy atom. The largest absolute Gasteiger partial charge is 0.507 e. The van der Waals surface area contributed by atoms with Crippen LogP contribution in [0.3, 0.4) is 0 Å². The highest BCUT2D eigenvalue weighted by Gasteiger charge is 2.03. The van der Waals surface area contributed by atoms with E-state index in [1.54, 1.807) is 25.2 Å². The number of aromatic hydroxyl groups is 1. The second-order valence-electron chi connectivity index (χ2n) is 2.47. The highest BCUT2D eigenvalue weighted by molar-refractivity contribution is 6.31. The van der Waals surface area contributed by atoms with Crippen molar-refractivity contribution in [1.82, 2.24) is 0 Å². The maximum atomic E-state index is 9.40. The fraction of sp³-hybridized carbons (Fsp3) is 0.222. The average molecular weight is 184 g/mol. The van der Waals surface area contributed by atoms with Crippen LogP contribution in [0.15, 0.2) is 23.2 Å². The van der Waals surface area contributed by atoms with Crippen molar-refractivity contribution < 1.29 is 5.11 Å². The monoisotopic (exact) mass is 183 g/mol. The number of hydrogen-bond acceptors (Lipinski definition) is 2. The molecule has 0 fully saturated rings. The summed E-state index contributed by atoms with van der Waals surface area (Å²) < 4.78 is 0. The number of hydrogen-bond donors (Lipinski definition) is 1. The standard InChI is InChI=1S/C9H10ClNO/c1-6(11-2)8-5-7(10)3-4-9(8)12/h3-5,12H,1-2H3/b11-6+. The summed E-state index contributed by atoms with van der Waals surface area (Å²) in [6.45, 7) is 1.82. The molecule has 0 heterocycles. The molecule has 3 heteroatoms. The highest BCUT2D eigenvalue weighted by Crippen LogP contribution is 2.21. The normalized spacial score (nSPS) is 11.8. The summed E-state index contributed by atoms with van der Waals surface area (Å²) in [5.74, 6) is 0.211. The van der Waals surface area contributed by atoms with Gasteiger partial charge in [-0.15, -0.1) is 0 Å². The molecule has 0 amide bonds. The molecular formula is C9H10ClNO. The molecule has 0 saturated carbocycles. The molecule has 0 aliphatic rings.